The third kappa shape index (κ3) is 3.40. The van der Waals surface area contributed by atoms with Gasteiger partial charge in [-0.15, -0.1) is 0 Å². The predicted octanol–water partition coefficient (Wildman–Crippen LogP) is 4.99. The second kappa shape index (κ2) is 6.68. The number of fused-ring (bicyclic) bond motifs is 1. The molecule has 0 fully saturated rings. The van der Waals surface area contributed by atoms with Crippen molar-refractivity contribution in [2.45, 2.75) is 52.4 Å². The fraction of sp³-hybridized carbons (Fsp3) is 0.500. The average molecular weight is 393 g/mol. The summed E-state index contributed by atoms with van der Waals surface area (Å²) in [4.78, 5) is 0. The van der Waals surface area contributed by atoms with Gasteiger partial charge in [-0.2, -0.15) is 0 Å². The van der Waals surface area contributed by atoms with Gasteiger partial charge in [-0.1, -0.05) is 50.5 Å². The van der Waals surface area contributed by atoms with E-state index >= 15 is 0 Å². The minimum atomic E-state index is 0. The molecule has 0 saturated carbocycles. The first-order valence-electron chi connectivity index (χ1n) is 6.51. The molecule has 0 saturated heterocycles. The normalized spacial score (nSPS) is 16.8. The van der Waals surface area contributed by atoms with Crippen molar-refractivity contribution >= 4 is 6.08 Å². The molecule has 1 atom stereocenters. The molecule has 1 aromatic rings. The fourth-order valence-electron chi connectivity index (χ4n) is 2.52. The van der Waals surface area contributed by atoms with Crippen LogP contribution >= 0.6 is 0 Å². The number of aryl methyl sites for hydroxylation is 2. The Morgan fingerprint density at radius 3 is 2.47 bits per heavy atom. The molecule has 1 heteroatoms. The summed E-state index contributed by atoms with van der Waals surface area (Å²) < 4.78 is 0. The first-order valence-corrected chi connectivity index (χ1v) is 6.51. The van der Waals surface area contributed by atoms with E-state index < -0.39 is 0 Å². The zero-order valence-electron chi connectivity index (χ0n) is 11.2. The van der Waals surface area contributed by atoms with Gasteiger partial charge in [-0.3, -0.25) is 0 Å². The van der Waals surface area contributed by atoms with Gasteiger partial charge in [0.15, 0.2) is 0 Å². The largest absolute Gasteiger partial charge is 0.0764 e. The first-order chi connectivity index (χ1) is 7.72. The summed E-state index contributed by atoms with van der Waals surface area (Å²) >= 11 is 0. The zero-order valence-corrected chi connectivity index (χ0v) is 14.8. The SMILES string of the molecule is CCCCCC1C=Cc2cc(C)c(C)cc21.[Hf]. The van der Waals surface area contributed by atoms with Gasteiger partial charge in [-0.25, -0.2) is 0 Å². The second-order valence-corrected chi connectivity index (χ2v) is 5.03. The molecule has 0 aliphatic heterocycles. The minimum absolute atomic E-state index is 0. The Morgan fingerprint density at radius 2 is 1.76 bits per heavy atom. The van der Waals surface area contributed by atoms with Crippen LogP contribution in [0.5, 0.6) is 0 Å². The van der Waals surface area contributed by atoms with Crippen LogP contribution in [0, 0.1) is 13.8 Å². The zero-order chi connectivity index (χ0) is 11.5. The molecule has 1 unspecified atom stereocenters. The maximum atomic E-state index is 2.39. The molecule has 90 valence electrons. The molecule has 0 radical (unpaired) electrons. The summed E-state index contributed by atoms with van der Waals surface area (Å²) in [5.74, 6) is 0.681. The average Bonchev–Trinajstić information content (AvgIpc) is 2.63. The molecule has 1 aromatic carbocycles. The van der Waals surface area contributed by atoms with Crippen molar-refractivity contribution in [3.8, 4) is 0 Å². The molecular formula is C16H22Hf. The summed E-state index contributed by atoms with van der Waals surface area (Å²) in [6.07, 6.45) is 10.1. The van der Waals surface area contributed by atoms with Gasteiger partial charge in [0.1, 0.15) is 0 Å². The molecular weight excluding hydrogens is 371 g/mol. The van der Waals surface area contributed by atoms with Crippen molar-refractivity contribution in [3.63, 3.8) is 0 Å². The maximum absolute atomic E-state index is 2.39. The monoisotopic (exact) mass is 394 g/mol. The van der Waals surface area contributed by atoms with Crippen molar-refractivity contribution < 1.29 is 25.8 Å². The van der Waals surface area contributed by atoms with Crippen LogP contribution in [0.4, 0.5) is 0 Å². The van der Waals surface area contributed by atoms with Crippen LogP contribution in [0.3, 0.4) is 0 Å². The molecule has 0 spiro atoms. The number of benzene rings is 1. The van der Waals surface area contributed by atoms with Crippen LogP contribution < -0.4 is 0 Å². The van der Waals surface area contributed by atoms with E-state index in [-0.39, 0.29) is 25.8 Å². The summed E-state index contributed by atoms with van der Waals surface area (Å²) in [5, 5.41) is 0. The van der Waals surface area contributed by atoms with Crippen molar-refractivity contribution in [2.24, 2.45) is 0 Å². The number of unbranched alkanes of at least 4 members (excludes halogenated alkanes) is 2. The molecule has 0 amide bonds. The first kappa shape index (κ1) is 14.9. The Hall–Kier alpha value is -0.170. The Kier molecular flexibility index (Phi) is 5.85. The van der Waals surface area contributed by atoms with E-state index in [0.717, 1.165) is 0 Å². The second-order valence-electron chi connectivity index (χ2n) is 5.03. The standard InChI is InChI=1S/C16H22.Hf/c1-4-5-6-7-14-8-9-15-10-12(2)13(3)11-16(14)15;/h8-11,14H,4-7H2,1-3H3;. The van der Waals surface area contributed by atoms with E-state index in [2.05, 4.69) is 45.1 Å². The minimum Gasteiger partial charge on any atom is -0.0764 e. The van der Waals surface area contributed by atoms with E-state index in [4.69, 9.17) is 0 Å². The summed E-state index contributed by atoms with van der Waals surface area (Å²) in [5.41, 5.74) is 5.85. The van der Waals surface area contributed by atoms with Gasteiger partial charge in [0.05, 0.1) is 0 Å². The number of hydrogen-bond donors (Lipinski definition) is 0. The van der Waals surface area contributed by atoms with Crippen LogP contribution in [0.25, 0.3) is 6.08 Å². The van der Waals surface area contributed by atoms with Crippen molar-refractivity contribution in [2.75, 3.05) is 0 Å². The Morgan fingerprint density at radius 1 is 1.06 bits per heavy atom. The smallest absolute Gasteiger partial charge is 0.00273 e. The van der Waals surface area contributed by atoms with Gasteiger partial charge in [0, 0.05) is 31.8 Å². The molecule has 1 aliphatic rings. The van der Waals surface area contributed by atoms with Crippen LogP contribution in [0.1, 0.15) is 60.8 Å². The van der Waals surface area contributed by atoms with Gasteiger partial charge in [0.25, 0.3) is 0 Å². The van der Waals surface area contributed by atoms with Gasteiger partial charge < -0.3 is 0 Å². The fourth-order valence-corrected chi connectivity index (χ4v) is 2.52. The number of allylic oxidation sites excluding steroid dienone is 1. The van der Waals surface area contributed by atoms with E-state index in [9.17, 15) is 0 Å². The summed E-state index contributed by atoms with van der Waals surface area (Å²) in [6, 6.07) is 4.72. The van der Waals surface area contributed by atoms with E-state index in [1.165, 1.54) is 42.4 Å². The van der Waals surface area contributed by atoms with Crippen LogP contribution in [0.2, 0.25) is 0 Å². The number of rotatable bonds is 4. The van der Waals surface area contributed by atoms with Crippen molar-refractivity contribution in [1.82, 2.24) is 0 Å². The van der Waals surface area contributed by atoms with Gasteiger partial charge in [0.2, 0.25) is 0 Å². The molecule has 0 nitrogen and oxygen atoms in total. The molecule has 0 N–H and O–H groups in total. The molecule has 1 aliphatic carbocycles. The van der Waals surface area contributed by atoms with E-state index in [1.807, 2.05) is 0 Å². The molecule has 0 heterocycles. The Bertz CT molecular complexity index is 404. The maximum Gasteiger partial charge on any atom is 0.00273 e. The van der Waals surface area contributed by atoms with E-state index in [1.54, 1.807) is 5.56 Å². The van der Waals surface area contributed by atoms with E-state index in [0.29, 0.717) is 5.92 Å². The third-order valence-electron chi connectivity index (χ3n) is 3.73. The third-order valence-corrected chi connectivity index (χ3v) is 3.73. The van der Waals surface area contributed by atoms with Crippen LogP contribution in [0.15, 0.2) is 18.2 Å². The number of hydrogen-bond acceptors (Lipinski definition) is 0. The summed E-state index contributed by atoms with van der Waals surface area (Å²) in [7, 11) is 0. The Balaban J connectivity index is 0.00000144. The van der Waals surface area contributed by atoms with Gasteiger partial charge >= 0.3 is 0 Å². The van der Waals surface area contributed by atoms with Crippen LogP contribution in [-0.4, -0.2) is 0 Å². The molecule has 2 rings (SSSR count). The molecule has 0 bridgehead atoms. The van der Waals surface area contributed by atoms with Crippen LogP contribution in [-0.2, 0) is 25.8 Å². The summed E-state index contributed by atoms with van der Waals surface area (Å²) in [6.45, 7) is 6.69. The topological polar surface area (TPSA) is 0 Å². The molecule has 0 aromatic heterocycles. The molecule has 17 heavy (non-hydrogen) atoms. The Labute approximate surface area is 124 Å². The van der Waals surface area contributed by atoms with Crippen molar-refractivity contribution in [1.29, 1.82) is 0 Å². The predicted molar refractivity (Wildman–Crippen MR) is 71.8 cm³/mol. The van der Waals surface area contributed by atoms with Gasteiger partial charge in [-0.05, 0) is 42.5 Å². The van der Waals surface area contributed by atoms with Crippen molar-refractivity contribution in [3.05, 3.63) is 40.5 Å². The quantitative estimate of drug-likeness (QED) is 0.500.